The summed E-state index contributed by atoms with van der Waals surface area (Å²) in [6, 6.07) is -0.165. The van der Waals surface area contributed by atoms with E-state index in [9.17, 15) is 8.42 Å². The summed E-state index contributed by atoms with van der Waals surface area (Å²) in [4.78, 5) is 0. The molecule has 0 radical (unpaired) electrons. The summed E-state index contributed by atoms with van der Waals surface area (Å²) in [5.74, 6) is 0.480. The molecular formula is C13H28N2O4S. The SMILES string of the molecule is COCCN(C(C)COC)S(=O)(=O)CC1CCNCC1. The molecule has 1 aliphatic heterocycles. The topological polar surface area (TPSA) is 67.9 Å². The Hall–Kier alpha value is -0.210. The van der Waals surface area contributed by atoms with E-state index < -0.39 is 10.0 Å². The monoisotopic (exact) mass is 308 g/mol. The smallest absolute Gasteiger partial charge is 0.214 e. The van der Waals surface area contributed by atoms with Crippen LogP contribution in [0.4, 0.5) is 0 Å². The van der Waals surface area contributed by atoms with Gasteiger partial charge in [-0.15, -0.1) is 0 Å². The highest BCUT2D eigenvalue weighted by molar-refractivity contribution is 7.89. The highest BCUT2D eigenvalue weighted by Crippen LogP contribution is 2.18. The van der Waals surface area contributed by atoms with Crippen molar-refractivity contribution in [1.82, 2.24) is 9.62 Å². The van der Waals surface area contributed by atoms with Gasteiger partial charge >= 0.3 is 0 Å². The zero-order valence-electron chi connectivity index (χ0n) is 12.8. The quantitative estimate of drug-likeness (QED) is 0.663. The van der Waals surface area contributed by atoms with Gasteiger partial charge in [0.1, 0.15) is 0 Å². The van der Waals surface area contributed by atoms with Crippen molar-refractivity contribution in [3.05, 3.63) is 0 Å². The summed E-state index contributed by atoms with van der Waals surface area (Å²) in [7, 11) is -0.100. The molecule has 6 nitrogen and oxygen atoms in total. The zero-order chi connectivity index (χ0) is 15.0. The lowest BCUT2D eigenvalue weighted by molar-refractivity contribution is 0.118. The maximum atomic E-state index is 12.6. The van der Waals surface area contributed by atoms with Crippen LogP contribution in [0.5, 0.6) is 0 Å². The first-order valence-corrected chi connectivity index (χ1v) is 8.80. The molecule has 1 saturated heterocycles. The average molecular weight is 308 g/mol. The molecule has 0 amide bonds. The van der Waals surface area contributed by atoms with Crippen LogP contribution in [0, 0.1) is 5.92 Å². The van der Waals surface area contributed by atoms with E-state index >= 15 is 0 Å². The molecule has 0 aliphatic carbocycles. The van der Waals surface area contributed by atoms with Gasteiger partial charge in [-0.2, -0.15) is 4.31 Å². The summed E-state index contributed by atoms with van der Waals surface area (Å²) in [5.41, 5.74) is 0. The molecule has 1 heterocycles. The molecule has 1 atom stereocenters. The minimum Gasteiger partial charge on any atom is -0.383 e. The lowest BCUT2D eigenvalue weighted by Crippen LogP contribution is -2.45. The van der Waals surface area contributed by atoms with Crippen molar-refractivity contribution in [2.24, 2.45) is 5.92 Å². The van der Waals surface area contributed by atoms with Crippen molar-refractivity contribution >= 4 is 10.0 Å². The van der Waals surface area contributed by atoms with E-state index in [0.29, 0.717) is 19.8 Å². The fraction of sp³-hybridized carbons (Fsp3) is 1.00. The number of ether oxygens (including phenoxy) is 2. The first kappa shape index (κ1) is 17.8. The molecule has 1 unspecified atom stereocenters. The number of sulfonamides is 1. The van der Waals surface area contributed by atoms with E-state index in [-0.39, 0.29) is 17.7 Å². The largest absolute Gasteiger partial charge is 0.383 e. The number of hydrogen-bond acceptors (Lipinski definition) is 5. The van der Waals surface area contributed by atoms with E-state index in [2.05, 4.69) is 5.32 Å². The molecule has 1 aliphatic rings. The van der Waals surface area contributed by atoms with Crippen LogP contribution < -0.4 is 5.32 Å². The van der Waals surface area contributed by atoms with Crippen LogP contribution in [0.15, 0.2) is 0 Å². The Morgan fingerprint density at radius 1 is 1.25 bits per heavy atom. The van der Waals surface area contributed by atoms with Crippen LogP contribution >= 0.6 is 0 Å². The number of nitrogens with one attached hydrogen (secondary N) is 1. The average Bonchev–Trinajstić information content (AvgIpc) is 2.39. The van der Waals surface area contributed by atoms with Crippen LogP contribution in [0.2, 0.25) is 0 Å². The molecule has 0 bridgehead atoms. The fourth-order valence-electron chi connectivity index (χ4n) is 2.58. The van der Waals surface area contributed by atoms with Gasteiger partial charge in [-0.1, -0.05) is 0 Å². The van der Waals surface area contributed by atoms with Crippen molar-refractivity contribution in [2.45, 2.75) is 25.8 Å². The van der Waals surface area contributed by atoms with Gasteiger partial charge in [-0.05, 0) is 38.8 Å². The number of rotatable bonds is 9. The Morgan fingerprint density at radius 3 is 2.45 bits per heavy atom. The van der Waals surface area contributed by atoms with Crippen molar-refractivity contribution in [3.8, 4) is 0 Å². The number of methoxy groups -OCH3 is 2. The normalized spacial score (nSPS) is 19.4. The third-order valence-corrected chi connectivity index (χ3v) is 5.83. The molecule has 0 aromatic rings. The molecule has 20 heavy (non-hydrogen) atoms. The predicted molar refractivity (Wildman–Crippen MR) is 79.3 cm³/mol. The van der Waals surface area contributed by atoms with Crippen LogP contribution in [0.3, 0.4) is 0 Å². The first-order valence-electron chi connectivity index (χ1n) is 7.19. The third kappa shape index (κ3) is 5.65. The molecule has 0 saturated carbocycles. The summed E-state index contributed by atoms with van der Waals surface area (Å²) in [5, 5.41) is 3.26. The Bertz CT molecular complexity index is 355. The summed E-state index contributed by atoms with van der Waals surface area (Å²) in [6.07, 6.45) is 1.85. The lowest BCUT2D eigenvalue weighted by Gasteiger charge is -2.30. The first-order chi connectivity index (χ1) is 9.51. The number of hydrogen-bond donors (Lipinski definition) is 1. The fourth-order valence-corrected chi connectivity index (χ4v) is 4.66. The maximum absolute atomic E-state index is 12.6. The Kier molecular flexibility index (Phi) is 7.98. The third-order valence-electron chi connectivity index (χ3n) is 3.68. The van der Waals surface area contributed by atoms with Gasteiger partial charge in [0.15, 0.2) is 0 Å². The van der Waals surface area contributed by atoms with Crippen molar-refractivity contribution < 1.29 is 17.9 Å². The van der Waals surface area contributed by atoms with Gasteiger partial charge in [0.2, 0.25) is 10.0 Å². The Balaban J connectivity index is 2.69. The standard InChI is InChI=1S/C13H28N2O4S/c1-12(10-19-3)15(8-9-18-2)20(16,17)11-13-4-6-14-7-5-13/h12-14H,4-11H2,1-3H3. The van der Waals surface area contributed by atoms with Gasteiger partial charge in [0.25, 0.3) is 0 Å². The van der Waals surface area contributed by atoms with Crippen molar-refractivity contribution in [1.29, 1.82) is 0 Å². The lowest BCUT2D eigenvalue weighted by atomic mass is 10.0. The van der Waals surface area contributed by atoms with Crippen molar-refractivity contribution in [2.75, 3.05) is 52.8 Å². The van der Waals surface area contributed by atoms with Gasteiger partial charge in [-0.3, -0.25) is 0 Å². The zero-order valence-corrected chi connectivity index (χ0v) is 13.6. The van der Waals surface area contributed by atoms with Gasteiger partial charge in [-0.25, -0.2) is 8.42 Å². The molecule has 7 heteroatoms. The van der Waals surface area contributed by atoms with Crippen LogP contribution in [0.1, 0.15) is 19.8 Å². The van der Waals surface area contributed by atoms with Gasteiger partial charge in [0, 0.05) is 26.8 Å². The highest BCUT2D eigenvalue weighted by Gasteiger charge is 2.30. The van der Waals surface area contributed by atoms with E-state index in [0.717, 1.165) is 25.9 Å². The molecule has 1 rings (SSSR count). The Morgan fingerprint density at radius 2 is 1.90 bits per heavy atom. The molecular weight excluding hydrogens is 280 g/mol. The predicted octanol–water partition coefficient (Wildman–Crippen LogP) is 0.299. The minimum absolute atomic E-state index is 0.165. The minimum atomic E-state index is -3.27. The highest BCUT2D eigenvalue weighted by atomic mass is 32.2. The van der Waals surface area contributed by atoms with Crippen LogP contribution in [-0.2, 0) is 19.5 Å². The second-order valence-electron chi connectivity index (χ2n) is 5.38. The van der Waals surface area contributed by atoms with Crippen LogP contribution in [0.25, 0.3) is 0 Å². The Labute approximate surface area is 122 Å². The summed E-state index contributed by atoms with van der Waals surface area (Å²) in [6.45, 7) is 4.87. The number of nitrogens with zero attached hydrogens (tertiary/aromatic N) is 1. The molecule has 1 N–H and O–H groups in total. The van der Waals surface area contributed by atoms with E-state index in [4.69, 9.17) is 9.47 Å². The molecule has 120 valence electrons. The maximum Gasteiger partial charge on any atom is 0.214 e. The summed E-state index contributed by atoms with van der Waals surface area (Å²) >= 11 is 0. The van der Waals surface area contributed by atoms with E-state index in [1.54, 1.807) is 14.2 Å². The molecule has 0 aromatic carbocycles. The summed E-state index contributed by atoms with van der Waals surface area (Å²) < 4.78 is 36.9. The van der Waals surface area contributed by atoms with Gasteiger partial charge in [0.05, 0.1) is 19.0 Å². The van der Waals surface area contributed by atoms with E-state index in [1.165, 1.54) is 4.31 Å². The van der Waals surface area contributed by atoms with Crippen molar-refractivity contribution in [3.63, 3.8) is 0 Å². The van der Waals surface area contributed by atoms with Gasteiger partial charge < -0.3 is 14.8 Å². The second kappa shape index (κ2) is 8.94. The second-order valence-corrected chi connectivity index (χ2v) is 7.35. The van der Waals surface area contributed by atoms with Crippen LogP contribution in [-0.4, -0.2) is 71.6 Å². The molecule has 0 aromatic heterocycles. The molecule has 1 fully saturated rings. The molecule has 0 spiro atoms. The number of piperidine rings is 1. The van der Waals surface area contributed by atoms with E-state index in [1.807, 2.05) is 6.92 Å².